The molecule has 1 saturated heterocycles. The van der Waals surface area contributed by atoms with E-state index >= 15 is 0 Å². The van der Waals surface area contributed by atoms with E-state index in [1.165, 1.54) is 0 Å². The molecule has 1 unspecified atom stereocenters. The number of hydrogen-bond acceptors (Lipinski definition) is 2. The molecule has 1 aromatic rings. The van der Waals surface area contributed by atoms with Crippen LogP contribution in [0.25, 0.3) is 0 Å². The van der Waals surface area contributed by atoms with Gasteiger partial charge in [0.25, 0.3) is 5.91 Å². The zero-order valence-electron chi connectivity index (χ0n) is 10.9. The zero-order chi connectivity index (χ0) is 13.8. The highest BCUT2D eigenvalue weighted by molar-refractivity contribution is 6.17. The first-order chi connectivity index (χ1) is 9.17. The Kier molecular flexibility index (Phi) is 4.43. The molecule has 1 atom stereocenters. The first kappa shape index (κ1) is 13.9. The van der Waals surface area contributed by atoms with Crippen molar-refractivity contribution in [3.8, 4) is 0 Å². The van der Waals surface area contributed by atoms with Crippen molar-refractivity contribution >= 4 is 23.4 Å². The van der Waals surface area contributed by atoms with Gasteiger partial charge < -0.3 is 10.2 Å². The van der Waals surface area contributed by atoms with E-state index < -0.39 is 0 Å². The average Bonchev–Trinajstić information content (AvgIpc) is 2.46. The number of carbonyl (C=O) groups excluding carboxylic acids is 2. The number of nitrogens with one attached hydrogen (secondary N) is 1. The minimum Gasteiger partial charge on any atom is -0.353 e. The highest BCUT2D eigenvalue weighted by Gasteiger charge is 2.31. The molecule has 0 radical (unpaired) electrons. The lowest BCUT2D eigenvalue weighted by atomic mass is 10.1. The maximum absolute atomic E-state index is 12.5. The van der Waals surface area contributed by atoms with E-state index in [9.17, 15) is 9.59 Å². The van der Waals surface area contributed by atoms with E-state index in [-0.39, 0.29) is 17.9 Å². The lowest BCUT2D eigenvalue weighted by molar-refractivity contribution is -0.127. The summed E-state index contributed by atoms with van der Waals surface area (Å²) in [5, 5.41) is 2.79. The summed E-state index contributed by atoms with van der Waals surface area (Å²) in [6.45, 7) is 2.97. The molecule has 1 N–H and O–H groups in total. The van der Waals surface area contributed by atoms with E-state index in [0.717, 1.165) is 5.56 Å². The van der Waals surface area contributed by atoms with Crippen LogP contribution in [0.5, 0.6) is 0 Å². The van der Waals surface area contributed by atoms with Crippen LogP contribution in [0.3, 0.4) is 0 Å². The number of amides is 2. The van der Waals surface area contributed by atoms with Gasteiger partial charge in [0.2, 0.25) is 5.91 Å². The molecular formula is C14H17ClN2O2. The Labute approximate surface area is 117 Å². The van der Waals surface area contributed by atoms with E-state index in [1.54, 1.807) is 17.0 Å². The number of carbonyl (C=O) groups is 2. The Balaban J connectivity index is 2.24. The normalized spacial score (nSPS) is 19.2. The molecule has 1 fully saturated rings. The summed E-state index contributed by atoms with van der Waals surface area (Å²) >= 11 is 5.78. The highest BCUT2D eigenvalue weighted by Crippen LogP contribution is 2.15. The van der Waals surface area contributed by atoms with Gasteiger partial charge in [0.15, 0.2) is 0 Å². The van der Waals surface area contributed by atoms with Crippen LogP contribution in [0.1, 0.15) is 29.3 Å². The topological polar surface area (TPSA) is 49.4 Å². The zero-order valence-corrected chi connectivity index (χ0v) is 11.6. The minimum absolute atomic E-state index is 0.0735. The van der Waals surface area contributed by atoms with Crippen molar-refractivity contribution in [1.82, 2.24) is 10.2 Å². The van der Waals surface area contributed by atoms with Crippen molar-refractivity contribution in [3.63, 3.8) is 0 Å². The lowest BCUT2D eigenvalue weighted by Crippen LogP contribution is -2.56. The van der Waals surface area contributed by atoms with Gasteiger partial charge in [0, 0.05) is 24.5 Å². The Morgan fingerprint density at radius 1 is 1.53 bits per heavy atom. The second-order valence-electron chi connectivity index (χ2n) is 4.55. The van der Waals surface area contributed by atoms with Gasteiger partial charge in [0.1, 0.15) is 6.04 Å². The molecule has 2 amide bonds. The summed E-state index contributed by atoms with van der Waals surface area (Å²) in [5.41, 5.74) is 1.49. The molecule has 0 spiro atoms. The summed E-state index contributed by atoms with van der Waals surface area (Å²) in [6, 6.07) is 6.87. The molecule has 0 bridgehead atoms. The summed E-state index contributed by atoms with van der Waals surface area (Å²) in [4.78, 5) is 25.9. The van der Waals surface area contributed by atoms with E-state index in [0.29, 0.717) is 31.0 Å². The van der Waals surface area contributed by atoms with Crippen molar-refractivity contribution in [1.29, 1.82) is 0 Å². The number of hydrogen-bond donors (Lipinski definition) is 1. The van der Waals surface area contributed by atoms with Crippen molar-refractivity contribution in [2.24, 2.45) is 0 Å². The number of alkyl halides is 1. The van der Waals surface area contributed by atoms with Crippen molar-refractivity contribution in [2.45, 2.75) is 25.3 Å². The molecule has 0 aliphatic carbocycles. The Morgan fingerprint density at radius 2 is 2.32 bits per heavy atom. The first-order valence-electron chi connectivity index (χ1n) is 6.41. The smallest absolute Gasteiger partial charge is 0.254 e. The van der Waals surface area contributed by atoms with Crippen LogP contribution in [0.4, 0.5) is 0 Å². The van der Waals surface area contributed by atoms with Crippen molar-refractivity contribution < 1.29 is 9.59 Å². The van der Waals surface area contributed by atoms with Crippen LogP contribution in [0.15, 0.2) is 24.3 Å². The third-order valence-corrected chi connectivity index (χ3v) is 3.62. The van der Waals surface area contributed by atoms with Gasteiger partial charge in [-0.05, 0) is 24.1 Å². The SMILES string of the molecule is CCC1C(=O)NCCN1C(=O)c1cccc(CCl)c1. The quantitative estimate of drug-likeness (QED) is 0.858. The van der Waals surface area contributed by atoms with Crippen LogP contribution in [0.2, 0.25) is 0 Å². The monoisotopic (exact) mass is 280 g/mol. The fourth-order valence-corrected chi connectivity index (χ4v) is 2.48. The number of nitrogens with zero attached hydrogens (tertiary/aromatic N) is 1. The second-order valence-corrected chi connectivity index (χ2v) is 4.81. The lowest BCUT2D eigenvalue weighted by Gasteiger charge is -2.34. The third-order valence-electron chi connectivity index (χ3n) is 3.31. The third kappa shape index (κ3) is 2.89. The van der Waals surface area contributed by atoms with Crippen LogP contribution in [-0.2, 0) is 10.7 Å². The number of halogens is 1. The van der Waals surface area contributed by atoms with Crippen LogP contribution >= 0.6 is 11.6 Å². The largest absolute Gasteiger partial charge is 0.353 e. The van der Waals surface area contributed by atoms with Gasteiger partial charge in [-0.3, -0.25) is 9.59 Å². The van der Waals surface area contributed by atoms with E-state index in [1.807, 2.05) is 19.1 Å². The molecule has 0 aromatic heterocycles. The van der Waals surface area contributed by atoms with Crippen molar-refractivity contribution in [2.75, 3.05) is 13.1 Å². The maximum Gasteiger partial charge on any atom is 0.254 e. The predicted molar refractivity (Wildman–Crippen MR) is 74.1 cm³/mol. The van der Waals surface area contributed by atoms with Gasteiger partial charge >= 0.3 is 0 Å². The summed E-state index contributed by atoms with van der Waals surface area (Å²) in [6.07, 6.45) is 0.618. The molecule has 19 heavy (non-hydrogen) atoms. The van der Waals surface area contributed by atoms with E-state index in [4.69, 9.17) is 11.6 Å². The Morgan fingerprint density at radius 3 is 3.00 bits per heavy atom. The predicted octanol–water partition coefficient (Wildman–Crippen LogP) is 1.78. The van der Waals surface area contributed by atoms with Gasteiger partial charge in [-0.25, -0.2) is 0 Å². The van der Waals surface area contributed by atoms with Gasteiger partial charge in [0.05, 0.1) is 0 Å². The maximum atomic E-state index is 12.5. The van der Waals surface area contributed by atoms with Gasteiger partial charge in [-0.1, -0.05) is 19.1 Å². The molecule has 0 saturated carbocycles. The molecule has 102 valence electrons. The first-order valence-corrected chi connectivity index (χ1v) is 6.94. The molecule has 1 aromatic carbocycles. The Hall–Kier alpha value is -1.55. The minimum atomic E-state index is -0.374. The summed E-state index contributed by atoms with van der Waals surface area (Å²) < 4.78 is 0. The number of rotatable bonds is 3. The fourth-order valence-electron chi connectivity index (χ4n) is 2.32. The molecule has 5 heteroatoms. The highest BCUT2D eigenvalue weighted by atomic mass is 35.5. The summed E-state index contributed by atoms with van der Waals surface area (Å²) in [7, 11) is 0. The number of benzene rings is 1. The van der Waals surface area contributed by atoms with E-state index in [2.05, 4.69) is 5.32 Å². The second kappa shape index (κ2) is 6.06. The Bertz CT molecular complexity index is 490. The number of piperazine rings is 1. The van der Waals surface area contributed by atoms with Crippen LogP contribution in [0, 0.1) is 0 Å². The molecule has 1 aliphatic rings. The van der Waals surface area contributed by atoms with Gasteiger partial charge in [-0.15, -0.1) is 11.6 Å². The average molecular weight is 281 g/mol. The molecular weight excluding hydrogens is 264 g/mol. The van der Waals surface area contributed by atoms with Crippen LogP contribution < -0.4 is 5.32 Å². The molecule has 1 heterocycles. The fraction of sp³-hybridized carbons (Fsp3) is 0.429. The van der Waals surface area contributed by atoms with Gasteiger partial charge in [-0.2, -0.15) is 0 Å². The summed E-state index contributed by atoms with van der Waals surface area (Å²) in [5.74, 6) is 0.197. The molecule has 2 rings (SSSR count). The molecule has 1 aliphatic heterocycles. The standard InChI is InChI=1S/C14H17ClN2O2/c1-2-12-13(18)16-6-7-17(12)14(19)11-5-3-4-10(8-11)9-15/h3-5,8,12H,2,6-7,9H2,1H3,(H,16,18). The molecule has 4 nitrogen and oxygen atoms in total. The van der Waals surface area contributed by atoms with Crippen LogP contribution in [-0.4, -0.2) is 35.8 Å². The van der Waals surface area contributed by atoms with Crippen molar-refractivity contribution in [3.05, 3.63) is 35.4 Å².